The summed E-state index contributed by atoms with van der Waals surface area (Å²) in [6.07, 6.45) is 0.895. The van der Waals surface area contributed by atoms with Gasteiger partial charge in [0.05, 0.1) is 18.4 Å². The molecule has 0 bridgehead atoms. The van der Waals surface area contributed by atoms with Crippen LogP contribution in [0.2, 0.25) is 0 Å². The first-order chi connectivity index (χ1) is 14.6. The van der Waals surface area contributed by atoms with E-state index in [1.807, 2.05) is 52.6 Å². The highest BCUT2D eigenvalue weighted by Gasteiger charge is 2.30. The number of hydrogen-bond acceptors (Lipinski definition) is 5. The van der Waals surface area contributed by atoms with Gasteiger partial charge in [0.1, 0.15) is 5.75 Å². The molecule has 0 radical (unpaired) electrons. The maximum Gasteiger partial charge on any atom is 0.237 e. The van der Waals surface area contributed by atoms with Crippen molar-refractivity contribution < 1.29 is 9.53 Å². The third kappa shape index (κ3) is 3.01. The van der Waals surface area contributed by atoms with Crippen molar-refractivity contribution in [3.05, 3.63) is 59.7 Å². The quantitative estimate of drug-likeness (QED) is 0.463. The molecule has 1 atom stereocenters. The molecule has 7 heteroatoms. The van der Waals surface area contributed by atoms with Gasteiger partial charge in [-0.3, -0.25) is 9.20 Å². The summed E-state index contributed by atoms with van der Waals surface area (Å²) < 4.78 is 7.40. The fourth-order valence-corrected chi connectivity index (χ4v) is 5.06. The lowest BCUT2D eigenvalue weighted by Gasteiger charge is -2.22. The van der Waals surface area contributed by atoms with E-state index in [0.29, 0.717) is 5.75 Å². The summed E-state index contributed by atoms with van der Waals surface area (Å²) in [7, 11) is 1.66. The van der Waals surface area contributed by atoms with Gasteiger partial charge in [-0.2, -0.15) is 0 Å². The lowest BCUT2D eigenvalue weighted by atomic mass is 10.1. The second-order valence-corrected chi connectivity index (χ2v) is 8.57. The molecule has 3 heterocycles. The first-order valence-corrected chi connectivity index (χ1v) is 10.9. The van der Waals surface area contributed by atoms with Gasteiger partial charge in [0.15, 0.2) is 10.8 Å². The van der Waals surface area contributed by atoms with E-state index in [0.717, 1.165) is 45.1 Å². The van der Waals surface area contributed by atoms with Crippen LogP contribution in [0.25, 0.3) is 16.6 Å². The number of pyridine rings is 1. The Morgan fingerprint density at radius 2 is 2.03 bits per heavy atom. The van der Waals surface area contributed by atoms with E-state index < -0.39 is 0 Å². The first-order valence-electron chi connectivity index (χ1n) is 9.92. The van der Waals surface area contributed by atoms with Crippen molar-refractivity contribution in [2.24, 2.45) is 0 Å². The molecule has 1 amide bonds. The van der Waals surface area contributed by atoms with Gasteiger partial charge in [-0.25, -0.2) is 0 Å². The van der Waals surface area contributed by atoms with Gasteiger partial charge in [0.25, 0.3) is 0 Å². The maximum atomic E-state index is 13.1. The average Bonchev–Trinajstić information content (AvgIpc) is 3.32. The summed E-state index contributed by atoms with van der Waals surface area (Å²) in [6, 6.07) is 16.3. The summed E-state index contributed by atoms with van der Waals surface area (Å²) in [5, 5.41) is 10.5. The monoisotopic (exact) mass is 418 g/mol. The lowest BCUT2D eigenvalue weighted by Crippen LogP contribution is -2.37. The van der Waals surface area contributed by atoms with Crippen molar-refractivity contribution in [1.29, 1.82) is 0 Å². The van der Waals surface area contributed by atoms with Crippen molar-refractivity contribution in [1.82, 2.24) is 14.6 Å². The Morgan fingerprint density at radius 3 is 2.87 bits per heavy atom. The van der Waals surface area contributed by atoms with E-state index in [-0.39, 0.29) is 11.9 Å². The number of para-hydroxylation sites is 1. The molecule has 4 aromatic rings. The topological polar surface area (TPSA) is 59.7 Å². The highest BCUT2D eigenvalue weighted by molar-refractivity contribution is 7.99. The number of carbonyl (C=O) groups excluding carboxylic acids is 1. The molecule has 5 rings (SSSR count). The molecule has 2 aromatic carbocycles. The molecule has 0 saturated carbocycles. The van der Waals surface area contributed by atoms with Gasteiger partial charge in [-0.1, -0.05) is 30.0 Å². The molecule has 0 aliphatic carbocycles. The molecule has 1 aliphatic rings. The minimum atomic E-state index is 0.0906. The molecule has 0 unspecified atom stereocenters. The van der Waals surface area contributed by atoms with Crippen LogP contribution in [0.5, 0.6) is 5.75 Å². The number of rotatable bonds is 4. The van der Waals surface area contributed by atoms with Crippen LogP contribution in [0, 0.1) is 6.92 Å². The van der Waals surface area contributed by atoms with Gasteiger partial charge in [0.2, 0.25) is 5.91 Å². The Labute approximate surface area is 178 Å². The van der Waals surface area contributed by atoms with E-state index >= 15 is 0 Å². The van der Waals surface area contributed by atoms with Crippen molar-refractivity contribution in [3.8, 4) is 5.75 Å². The van der Waals surface area contributed by atoms with Crippen LogP contribution in [0.1, 0.15) is 18.1 Å². The van der Waals surface area contributed by atoms with Gasteiger partial charge in [-0.15, -0.1) is 10.2 Å². The summed E-state index contributed by atoms with van der Waals surface area (Å²) >= 11 is 1.43. The number of anilines is 1. The molecule has 0 spiro atoms. The van der Waals surface area contributed by atoms with Crippen molar-refractivity contribution in [2.45, 2.75) is 31.5 Å². The predicted octanol–water partition coefficient (Wildman–Crippen LogP) is 4.27. The third-order valence-electron chi connectivity index (χ3n) is 5.63. The average molecular weight is 419 g/mol. The number of nitrogens with zero attached hydrogens (tertiary/aromatic N) is 4. The molecule has 0 saturated heterocycles. The Balaban J connectivity index is 1.47. The van der Waals surface area contributed by atoms with Crippen molar-refractivity contribution in [3.63, 3.8) is 0 Å². The van der Waals surface area contributed by atoms with Gasteiger partial charge >= 0.3 is 0 Å². The molecule has 2 aromatic heterocycles. The van der Waals surface area contributed by atoms with Crippen LogP contribution in [-0.4, -0.2) is 39.4 Å². The summed E-state index contributed by atoms with van der Waals surface area (Å²) in [6.45, 7) is 4.12. The minimum Gasteiger partial charge on any atom is -0.497 e. The van der Waals surface area contributed by atoms with Crippen LogP contribution < -0.4 is 9.64 Å². The summed E-state index contributed by atoms with van der Waals surface area (Å²) in [5.74, 6) is 1.21. The number of thioether (sulfide) groups is 1. The fraction of sp³-hybridized carbons (Fsp3) is 0.261. The molecular weight excluding hydrogens is 396 g/mol. The van der Waals surface area contributed by atoms with Crippen molar-refractivity contribution in [2.75, 3.05) is 17.8 Å². The Hall–Kier alpha value is -3.06. The SMILES string of the molecule is COc1ccc2c(c1)cc(C)c1nnc(SCC(=O)N3c4ccccc4C[C@@H]3C)n12. The number of ether oxygens (including phenoxy) is 1. The first kappa shape index (κ1) is 18.9. The van der Waals surface area contributed by atoms with Gasteiger partial charge in [-0.05, 0) is 61.7 Å². The second kappa shape index (κ2) is 7.32. The number of amides is 1. The molecule has 0 N–H and O–H groups in total. The number of carbonyl (C=O) groups is 1. The predicted molar refractivity (Wildman–Crippen MR) is 120 cm³/mol. The Bertz CT molecular complexity index is 1280. The number of methoxy groups -OCH3 is 1. The van der Waals surface area contributed by atoms with Crippen LogP contribution in [0.3, 0.4) is 0 Å². The largest absolute Gasteiger partial charge is 0.497 e. The van der Waals surface area contributed by atoms with Gasteiger partial charge < -0.3 is 9.64 Å². The highest BCUT2D eigenvalue weighted by Crippen LogP contribution is 2.33. The normalized spacial score (nSPS) is 15.7. The van der Waals surface area contributed by atoms with E-state index in [4.69, 9.17) is 4.74 Å². The van der Waals surface area contributed by atoms with Crippen LogP contribution in [-0.2, 0) is 11.2 Å². The zero-order valence-electron chi connectivity index (χ0n) is 17.1. The standard InChI is InChI=1S/C23H22N4O2S/c1-14-10-17-12-18(29-3)8-9-20(17)27-22(14)24-25-23(27)30-13-21(28)26-15(2)11-16-6-4-5-7-19(16)26/h4-10,12,15H,11,13H2,1-3H3/t15-/m0/s1. The smallest absolute Gasteiger partial charge is 0.237 e. The second-order valence-electron chi connectivity index (χ2n) is 7.63. The summed E-state index contributed by atoms with van der Waals surface area (Å²) in [5.41, 5.74) is 5.09. The molecular formula is C23H22N4O2S. The number of benzene rings is 2. The Morgan fingerprint density at radius 1 is 1.20 bits per heavy atom. The van der Waals surface area contributed by atoms with Crippen LogP contribution in [0.15, 0.2) is 53.7 Å². The summed E-state index contributed by atoms with van der Waals surface area (Å²) in [4.78, 5) is 15.0. The molecule has 30 heavy (non-hydrogen) atoms. The zero-order valence-corrected chi connectivity index (χ0v) is 17.9. The van der Waals surface area contributed by atoms with E-state index in [9.17, 15) is 4.79 Å². The number of aryl methyl sites for hydroxylation is 1. The fourth-order valence-electron chi connectivity index (χ4n) is 4.25. The van der Waals surface area contributed by atoms with E-state index in [2.05, 4.69) is 29.3 Å². The lowest BCUT2D eigenvalue weighted by molar-refractivity contribution is -0.116. The third-order valence-corrected chi connectivity index (χ3v) is 6.55. The maximum absolute atomic E-state index is 13.1. The van der Waals surface area contributed by atoms with Crippen LogP contribution >= 0.6 is 11.8 Å². The highest BCUT2D eigenvalue weighted by atomic mass is 32.2. The van der Waals surface area contributed by atoms with Crippen LogP contribution in [0.4, 0.5) is 5.69 Å². The number of fused-ring (bicyclic) bond motifs is 4. The van der Waals surface area contributed by atoms with Crippen molar-refractivity contribution >= 4 is 39.9 Å². The zero-order chi connectivity index (χ0) is 20.8. The number of aromatic nitrogens is 3. The molecule has 152 valence electrons. The molecule has 1 aliphatic heterocycles. The van der Waals surface area contributed by atoms with Gasteiger partial charge in [0, 0.05) is 17.1 Å². The molecule has 6 nitrogen and oxygen atoms in total. The van der Waals surface area contributed by atoms with E-state index in [1.165, 1.54) is 17.3 Å². The van der Waals surface area contributed by atoms with E-state index in [1.54, 1.807) is 7.11 Å². The minimum absolute atomic E-state index is 0.0906. The number of hydrogen-bond donors (Lipinski definition) is 0. The molecule has 0 fully saturated rings. The Kier molecular flexibility index (Phi) is 4.62.